The summed E-state index contributed by atoms with van der Waals surface area (Å²) in [7, 11) is 1.32. The third-order valence-electron chi connectivity index (χ3n) is 3.77. The maximum atomic E-state index is 12.8. The minimum atomic E-state index is -0.919. The van der Waals surface area contributed by atoms with E-state index in [1.54, 1.807) is 12.1 Å². The molecule has 0 saturated carbocycles. The van der Waals surface area contributed by atoms with Gasteiger partial charge in [-0.1, -0.05) is 32.0 Å². The zero-order chi connectivity index (χ0) is 17.5. The fourth-order valence-electron chi connectivity index (χ4n) is 2.59. The molecule has 1 aromatic carbocycles. The number of hydrogen-bond donors (Lipinski definition) is 0. The Morgan fingerprint density at radius 3 is 2.58 bits per heavy atom. The second-order valence-corrected chi connectivity index (χ2v) is 5.35. The lowest BCUT2D eigenvalue weighted by Crippen LogP contribution is -2.22. The van der Waals surface area contributed by atoms with Crippen molar-refractivity contribution in [2.24, 2.45) is 0 Å². The van der Waals surface area contributed by atoms with E-state index in [-0.39, 0.29) is 5.78 Å². The summed E-state index contributed by atoms with van der Waals surface area (Å²) in [6.07, 6.45) is 3.35. The minimum Gasteiger partial charge on any atom is -0.472 e. The predicted octanol–water partition coefficient (Wildman–Crippen LogP) is 3.71. The summed E-state index contributed by atoms with van der Waals surface area (Å²) in [6.45, 7) is 4.33. The van der Waals surface area contributed by atoms with Gasteiger partial charge in [-0.25, -0.2) is 4.79 Å². The third-order valence-corrected chi connectivity index (χ3v) is 3.77. The van der Waals surface area contributed by atoms with E-state index in [4.69, 9.17) is 13.9 Å². The molecule has 1 atom stereocenters. The number of rotatable bonds is 8. The molecule has 2 aromatic rings. The monoisotopic (exact) mass is 330 g/mol. The van der Waals surface area contributed by atoms with Gasteiger partial charge in [0.25, 0.3) is 0 Å². The molecule has 0 fully saturated rings. The first-order chi connectivity index (χ1) is 11.6. The van der Waals surface area contributed by atoms with Crippen LogP contribution in [0, 0.1) is 0 Å². The van der Waals surface area contributed by atoms with Gasteiger partial charge in [-0.05, 0) is 24.5 Å². The summed E-state index contributed by atoms with van der Waals surface area (Å²) in [5.41, 5.74) is 2.33. The number of hydrogen-bond acceptors (Lipinski definition) is 5. The van der Waals surface area contributed by atoms with Crippen LogP contribution < -0.4 is 0 Å². The van der Waals surface area contributed by atoms with Crippen LogP contribution >= 0.6 is 0 Å². The molecule has 0 aliphatic heterocycles. The van der Waals surface area contributed by atoms with Crippen LogP contribution in [0.4, 0.5) is 0 Å². The molecule has 0 saturated heterocycles. The van der Waals surface area contributed by atoms with Crippen LogP contribution in [0.3, 0.4) is 0 Å². The highest BCUT2D eigenvalue weighted by Crippen LogP contribution is 2.29. The van der Waals surface area contributed by atoms with Gasteiger partial charge in [0.15, 0.2) is 11.9 Å². The Bertz CT molecular complexity index is 688. The largest absolute Gasteiger partial charge is 0.472 e. The molecule has 0 radical (unpaired) electrons. The van der Waals surface area contributed by atoms with Gasteiger partial charge < -0.3 is 13.9 Å². The Labute approximate surface area is 141 Å². The van der Waals surface area contributed by atoms with Crippen LogP contribution in [-0.2, 0) is 20.7 Å². The topological polar surface area (TPSA) is 65.7 Å². The van der Waals surface area contributed by atoms with E-state index in [0.717, 1.165) is 12.0 Å². The van der Waals surface area contributed by atoms with E-state index in [1.807, 2.05) is 26.0 Å². The van der Waals surface area contributed by atoms with Crippen LogP contribution in [0.2, 0.25) is 0 Å². The molecule has 1 unspecified atom stereocenters. The predicted molar refractivity (Wildman–Crippen MR) is 89.0 cm³/mol. The summed E-state index contributed by atoms with van der Waals surface area (Å²) in [6, 6.07) is 7.01. The Balaban J connectivity index is 2.56. The number of aryl methyl sites for hydroxylation is 1. The molecule has 0 spiro atoms. The lowest BCUT2D eigenvalue weighted by molar-refractivity contribution is -0.154. The first-order valence-electron chi connectivity index (χ1n) is 8.02. The van der Waals surface area contributed by atoms with Gasteiger partial charge in [0.1, 0.15) is 6.26 Å². The number of methoxy groups -OCH3 is 1. The number of carbonyl (C=O) groups excluding carboxylic acids is 2. The molecule has 0 amide bonds. The fourth-order valence-corrected chi connectivity index (χ4v) is 2.59. The highest BCUT2D eigenvalue weighted by molar-refractivity contribution is 6.10. The summed E-state index contributed by atoms with van der Waals surface area (Å²) in [5, 5.41) is 0. The maximum absolute atomic E-state index is 12.8. The zero-order valence-electron chi connectivity index (χ0n) is 14.2. The molecule has 5 heteroatoms. The molecule has 0 aliphatic rings. The average molecular weight is 330 g/mol. The van der Waals surface area contributed by atoms with Crippen molar-refractivity contribution in [3.05, 3.63) is 59.0 Å². The summed E-state index contributed by atoms with van der Waals surface area (Å²) in [4.78, 5) is 25.1. The normalized spacial score (nSPS) is 12.0. The van der Waals surface area contributed by atoms with Crippen LogP contribution in [0.5, 0.6) is 0 Å². The molecule has 128 valence electrons. The fraction of sp³-hybridized carbons (Fsp3) is 0.368. The Hall–Kier alpha value is -2.40. The van der Waals surface area contributed by atoms with Crippen LogP contribution in [0.1, 0.15) is 53.4 Å². The van der Waals surface area contributed by atoms with Crippen molar-refractivity contribution in [1.82, 2.24) is 0 Å². The van der Waals surface area contributed by atoms with Crippen molar-refractivity contribution in [2.75, 3.05) is 13.7 Å². The van der Waals surface area contributed by atoms with Crippen molar-refractivity contribution < 1.29 is 23.5 Å². The molecular formula is C19H22O5. The smallest absolute Gasteiger partial charge is 0.339 e. The first-order valence-corrected chi connectivity index (χ1v) is 8.02. The highest BCUT2D eigenvalue weighted by Gasteiger charge is 2.29. The molecule has 1 heterocycles. The van der Waals surface area contributed by atoms with E-state index >= 15 is 0 Å². The van der Waals surface area contributed by atoms with Gasteiger partial charge in [-0.3, -0.25) is 4.79 Å². The SMILES string of the molecule is CCCOC(C(=O)OC)c1c(CC)cccc1C(=O)c1ccoc1. The minimum absolute atomic E-state index is 0.206. The van der Waals surface area contributed by atoms with Gasteiger partial charge >= 0.3 is 5.97 Å². The molecule has 0 N–H and O–H groups in total. The molecular weight excluding hydrogens is 308 g/mol. The number of furan rings is 1. The number of ketones is 1. The molecule has 5 nitrogen and oxygen atoms in total. The van der Waals surface area contributed by atoms with Crippen molar-refractivity contribution in [1.29, 1.82) is 0 Å². The van der Waals surface area contributed by atoms with Gasteiger partial charge in [0, 0.05) is 17.7 Å². The lowest BCUT2D eigenvalue weighted by atomic mass is 9.91. The van der Waals surface area contributed by atoms with Crippen molar-refractivity contribution in [3.63, 3.8) is 0 Å². The van der Waals surface area contributed by atoms with Crippen LogP contribution in [0.25, 0.3) is 0 Å². The number of carbonyl (C=O) groups is 2. The number of esters is 1. The van der Waals surface area contributed by atoms with E-state index < -0.39 is 12.1 Å². The van der Waals surface area contributed by atoms with Crippen LogP contribution in [0.15, 0.2) is 41.2 Å². The van der Waals surface area contributed by atoms with E-state index in [0.29, 0.717) is 29.7 Å². The van der Waals surface area contributed by atoms with Gasteiger partial charge in [0.2, 0.25) is 0 Å². The average Bonchev–Trinajstić information content (AvgIpc) is 3.15. The molecule has 0 aliphatic carbocycles. The summed E-state index contributed by atoms with van der Waals surface area (Å²) < 4.78 is 15.6. The van der Waals surface area contributed by atoms with Crippen LogP contribution in [-0.4, -0.2) is 25.5 Å². The number of benzene rings is 1. The van der Waals surface area contributed by atoms with E-state index in [9.17, 15) is 9.59 Å². The Morgan fingerprint density at radius 1 is 1.21 bits per heavy atom. The second-order valence-electron chi connectivity index (χ2n) is 5.35. The lowest BCUT2D eigenvalue weighted by Gasteiger charge is -2.21. The summed E-state index contributed by atoms with van der Waals surface area (Å²) >= 11 is 0. The third kappa shape index (κ3) is 3.74. The maximum Gasteiger partial charge on any atom is 0.339 e. The Morgan fingerprint density at radius 2 is 2.00 bits per heavy atom. The van der Waals surface area contributed by atoms with E-state index in [1.165, 1.54) is 19.6 Å². The quantitative estimate of drug-likeness (QED) is 0.545. The van der Waals surface area contributed by atoms with Crippen molar-refractivity contribution >= 4 is 11.8 Å². The van der Waals surface area contributed by atoms with Crippen molar-refractivity contribution in [3.8, 4) is 0 Å². The number of ether oxygens (including phenoxy) is 2. The molecule has 24 heavy (non-hydrogen) atoms. The van der Waals surface area contributed by atoms with Gasteiger partial charge in [-0.15, -0.1) is 0 Å². The van der Waals surface area contributed by atoms with Crippen molar-refractivity contribution in [2.45, 2.75) is 32.8 Å². The molecule has 2 rings (SSSR count). The van der Waals surface area contributed by atoms with Gasteiger partial charge in [0.05, 0.1) is 18.9 Å². The standard InChI is InChI=1S/C19H22O5/c1-4-10-24-18(19(21)22-3)16-13(5-2)7-6-8-15(16)17(20)14-9-11-23-12-14/h6-9,11-12,18H,4-5,10H2,1-3H3. The zero-order valence-corrected chi connectivity index (χ0v) is 14.2. The second kappa shape index (κ2) is 8.45. The Kier molecular flexibility index (Phi) is 6.32. The molecule has 1 aromatic heterocycles. The van der Waals surface area contributed by atoms with E-state index in [2.05, 4.69) is 0 Å². The summed E-state index contributed by atoms with van der Waals surface area (Å²) in [5.74, 6) is -0.714. The molecule has 0 bridgehead atoms. The van der Waals surface area contributed by atoms with Gasteiger partial charge in [-0.2, -0.15) is 0 Å². The first kappa shape index (κ1) is 17.9. The highest BCUT2D eigenvalue weighted by atomic mass is 16.6.